The smallest absolute Gasteiger partial charge is 0.326 e. The van der Waals surface area contributed by atoms with Crippen molar-refractivity contribution in [3.63, 3.8) is 0 Å². The minimum Gasteiger partial charge on any atom is -0.367 e. The Kier molecular flexibility index (Phi) is 6.82. The van der Waals surface area contributed by atoms with E-state index in [0.29, 0.717) is 22.1 Å². The van der Waals surface area contributed by atoms with Gasteiger partial charge in [0.1, 0.15) is 17.3 Å². The number of hydrogen-bond donors (Lipinski definition) is 4. The molecule has 0 spiro atoms. The second-order valence-electron chi connectivity index (χ2n) is 9.48. The number of likely N-dealkylation sites (tertiary alicyclic amines) is 1. The van der Waals surface area contributed by atoms with Crippen molar-refractivity contribution in [1.82, 2.24) is 35.1 Å². The van der Waals surface area contributed by atoms with E-state index in [1.165, 1.54) is 0 Å². The van der Waals surface area contributed by atoms with Crippen molar-refractivity contribution in [2.45, 2.75) is 25.4 Å². The van der Waals surface area contributed by atoms with Crippen molar-refractivity contribution in [3.8, 4) is 0 Å². The maximum absolute atomic E-state index is 12.1. The number of piperidine rings is 1. The Morgan fingerprint density at radius 1 is 1.08 bits per heavy atom. The standard InChI is InChI=1S/C27H26ClN9O2/c28-18-4-3-6-20(13-18)31-23-14-24(32-19-7-10-36(11-8-19)16-21-5-1-2-9-29-21)37-25(34-23)17(15-30-37)12-22-26(38)35-27(39)33-22/h1-6,9,12-15,19,32H,7-8,10-11,16H2,(H,31,34)(H2,33,35,38,39)/b22-12-. The van der Waals surface area contributed by atoms with Gasteiger partial charge in [-0.05, 0) is 49.2 Å². The van der Waals surface area contributed by atoms with E-state index in [2.05, 4.69) is 42.3 Å². The SMILES string of the molecule is O=C1NC(=O)/C(=C/c2cnn3c(NC4CCN(Cc5ccccn5)CC4)cc(Nc4cccc(Cl)c4)nc23)N1. The summed E-state index contributed by atoms with van der Waals surface area (Å²) in [6, 6.07) is 15.0. The third-order valence-electron chi connectivity index (χ3n) is 6.67. The van der Waals surface area contributed by atoms with Crippen molar-refractivity contribution in [2.24, 2.45) is 0 Å². The summed E-state index contributed by atoms with van der Waals surface area (Å²) in [5.41, 5.74) is 3.11. The zero-order valence-electron chi connectivity index (χ0n) is 20.9. The molecule has 5 heterocycles. The summed E-state index contributed by atoms with van der Waals surface area (Å²) in [5, 5.41) is 16.8. The molecule has 1 aromatic carbocycles. The molecule has 0 atom stereocenters. The van der Waals surface area contributed by atoms with Gasteiger partial charge in [-0.3, -0.25) is 20.0 Å². The maximum atomic E-state index is 12.1. The van der Waals surface area contributed by atoms with Crippen LogP contribution in [0.25, 0.3) is 11.7 Å². The summed E-state index contributed by atoms with van der Waals surface area (Å²) in [5.74, 6) is 0.848. The number of benzene rings is 1. The number of amides is 3. The minimum absolute atomic E-state index is 0.139. The average Bonchev–Trinajstić information content (AvgIpc) is 3.47. The van der Waals surface area contributed by atoms with Gasteiger partial charge in [0, 0.05) is 54.2 Å². The van der Waals surface area contributed by atoms with Crippen LogP contribution in [0.2, 0.25) is 5.02 Å². The van der Waals surface area contributed by atoms with Crippen LogP contribution >= 0.6 is 11.6 Å². The number of carbonyl (C=O) groups excluding carboxylic acids is 2. The number of hydrogen-bond acceptors (Lipinski definition) is 8. The topological polar surface area (TPSA) is 129 Å². The summed E-state index contributed by atoms with van der Waals surface area (Å²) in [6.45, 7) is 2.73. The number of nitrogens with one attached hydrogen (secondary N) is 4. The molecule has 11 nitrogen and oxygen atoms in total. The van der Waals surface area contributed by atoms with Gasteiger partial charge < -0.3 is 16.0 Å². The van der Waals surface area contributed by atoms with Crippen LogP contribution in [-0.4, -0.2) is 55.6 Å². The van der Waals surface area contributed by atoms with Gasteiger partial charge in [0.05, 0.1) is 11.9 Å². The molecule has 2 aliphatic rings. The lowest BCUT2D eigenvalue weighted by Gasteiger charge is -2.32. The van der Waals surface area contributed by atoms with Gasteiger partial charge in [0.2, 0.25) is 0 Å². The van der Waals surface area contributed by atoms with Gasteiger partial charge in [-0.2, -0.15) is 9.61 Å². The third kappa shape index (κ3) is 5.69. The lowest BCUT2D eigenvalue weighted by atomic mass is 10.0. The number of aromatic nitrogens is 4. The van der Waals surface area contributed by atoms with E-state index in [1.54, 1.807) is 22.9 Å². The summed E-state index contributed by atoms with van der Waals surface area (Å²) >= 11 is 6.18. The van der Waals surface area contributed by atoms with Crippen molar-refractivity contribution < 1.29 is 9.59 Å². The van der Waals surface area contributed by atoms with Crippen LogP contribution in [0.1, 0.15) is 24.1 Å². The van der Waals surface area contributed by atoms with Crippen LogP contribution in [0, 0.1) is 0 Å². The molecule has 12 heteroatoms. The highest BCUT2D eigenvalue weighted by atomic mass is 35.5. The predicted octanol–water partition coefficient (Wildman–Crippen LogP) is 3.78. The molecule has 4 aromatic rings. The molecular weight excluding hydrogens is 518 g/mol. The Bertz CT molecular complexity index is 1560. The lowest BCUT2D eigenvalue weighted by Crippen LogP contribution is -2.39. The van der Waals surface area contributed by atoms with Gasteiger partial charge in [0.25, 0.3) is 5.91 Å². The van der Waals surface area contributed by atoms with E-state index in [-0.39, 0.29) is 11.7 Å². The van der Waals surface area contributed by atoms with Crippen LogP contribution in [0.3, 0.4) is 0 Å². The fourth-order valence-electron chi connectivity index (χ4n) is 4.77. The molecule has 2 aliphatic heterocycles. The summed E-state index contributed by atoms with van der Waals surface area (Å²) in [6.07, 6.45) is 6.93. The van der Waals surface area contributed by atoms with Gasteiger partial charge >= 0.3 is 6.03 Å². The molecule has 3 aromatic heterocycles. The van der Waals surface area contributed by atoms with Crippen molar-refractivity contribution in [1.29, 1.82) is 0 Å². The minimum atomic E-state index is -0.560. The molecule has 4 N–H and O–H groups in total. The first kappa shape index (κ1) is 24.8. The van der Waals surface area contributed by atoms with Crippen LogP contribution < -0.4 is 21.3 Å². The maximum Gasteiger partial charge on any atom is 0.326 e. The molecule has 0 aliphatic carbocycles. The Balaban J connectivity index is 1.26. The molecule has 0 unspecified atom stereocenters. The summed E-state index contributed by atoms with van der Waals surface area (Å²) < 4.78 is 1.71. The Labute approximate surface area is 229 Å². The van der Waals surface area contributed by atoms with Gasteiger partial charge in [-0.15, -0.1) is 0 Å². The van der Waals surface area contributed by atoms with Crippen molar-refractivity contribution in [2.75, 3.05) is 23.7 Å². The average molecular weight is 544 g/mol. The lowest BCUT2D eigenvalue weighted by molar-refractivity contribution is -0.115. The zero-order chi connectivity index (χ0) is 26.8. The van der Waals surface area contributed by atoms with Gasteiger partial charge in [0.15, 0.2) is 5.65 Å². The Hall–Kier alpha value is -4.48. The fourth-order valence-corrected chi connectivity index (χ4v) is 4.96. The highest BCUT2D eigenvalue weighted by Crippen LogP contribution is 2.26. The number of rotatable bonds is 7. The number of fused-ring (bicyclic) bond motifs is 1. The highest BCUT2D eigenvalue weighted by molar-refractivity contribution is 6.30. The zero-order valence-corrected chi connectivity index (χ0v) is 21.7. The highest BCUT2D eigenvalue weighted by Gasteiger charge is 2.25. The van der Waals surface area contributed by atoms with Crippen LogP contribution in [0.15, 0.2) is 66.6 Å². The predicted molar refractivity (Wildman–Crippen MR) is 149 cm³/mol. The second-order valence-corrected chi connectivity index (χ2v) is 9.92. The summed E-state index contributed by atoms with van der Waals surface area (Å²) in [7, 11) is 0. The van der Waals surface area contributed by atoms with E-state index in [4.69, 9.17) is 16.6 Å². The van der Waals surface area contributed by atoms with Crippen LogP contribution in [0.5, 0.6) is 0 Å². The monoisotopic (exact) mass is 543 g/mol. The molecule has 3 amide bonds. The normalized spacial score (nSPS) is 17.4. The Morgan fingerprint density at radius 2 is 1.95 bits per heavy atom. The van der Waals surface area contributed by atoms with Gasteiger partial charge in [-0.1, -0.05) is 23.7 Å². The molecule has 0 saturated carbocycles. The first-order valence-electron chi connectivity index (χ1n) is 12.6. The Morgan fingerprint density at radius 3 is 2.69 bits per heavy atom. The number of imide groups is 1. The summed E-state index contributed by atoms with van der Waals surface area (Å²) in [4.78, 5) is 35.3. The van der Waals surface area contributed by atoms with E-state index in [9.17, 15) is 9.59 Å². The quantitative estimate of drug-likeness (QED) is 0.205. The third-order valence-corrected chi connectivity index (χ3v) is 6.90. The van der Waals surface area contributed by atoms with Crippen molar-refractivity contribution in [3.05, 3.63) is 82.9 Å². The number of halogens is 1. The van der Waals surface area contributed by atoms with Crippen LogP contribution in [-0.2, 0) is 11.3 Å². The van der Waals surface area contributed by atoms with E-state index in [0.717, 1.165) is 49.7 Å². The van der Waals surface area contributed by atoms with E-state index < -0.39 is 11.9 Å². The molecule has 2 fully saturated rings. The number of pyridine rings is 1. The second kappa shape index (κ2) is 10.7. The first-order chi connectivity index (χ1) is 19.0. The van der Waals surface area contributed by atoms with Gasteiger partial charge in [-0.25, -0.2) is 9.78 Å². The first-order valence-corrected chi connectivity index (χ1v) is 13.0. The number of anilines is 3. The molecule has 0 radical (unpaired) electrons. The number of carbonyl (C=O) groups is 2. The molecule has 39 heavy (non-hydrogen) atoms. The number of urea groups is 1. The van der Waals surface area contributed by atoms with Crippen molar-refractivity contribution >= 4 is 52.6 Å². The fraction of sp³-hybridized carbons (Fsp3) is 0.222. The van der Waals surface area contributed by atoms with Crippen LogP contribution in [0.4, 0.5) is 22.1 Å². The molecule has 6 rings (SSSR count). The molecular formula is C27H26ClN9O2. The molecule has 2 saturated heterocycles. The number of nitrogens with zero attached hydrogens (tertiary/aromatic N) is 5. The van der Waals surface area contributed by atoms with E-state index in [1.807, 2.05) is 42.6 Å². The molecule has 198 valence electrons. The largest absolute Gasteiger partial charge is 0.367 e. The molecule has 0 bridgehead atoms. The van der Waals surface area contributed by atoms with E-state index >= 15 is 0 Å².